The molecule has 0 amide bonds. The third-order valence-electron chi connectivity index (χ3n) is 5.03. The molecule has 27 heavy (non-hydrogen) atoms. The topological polar surface area (TPSA) is 52.6 Å². The third kappa shape index (κ3) is 18.1. The minimum Gasteiger partial charge on any atom is -0.466 e. The van der Waals surface area contributed by atoms with Crippen molar-refractivity contribution in [3.8, 4) is 0 Å². The van der Waals surface area contributed by atoms with Crippen molar-refractivity contribution in [3.63, 3.8) is 0 Å². The summed E-state index contributed by atoms with van der Waals surface area (Å²) in [5, 5.41) is 0. The van der Waals surface area contributed by atoms with E-state index in [2.05, 4.69) is 6.92 Å². The minimum absolute atomic E-state index is 0.0782. The molecule has 0 aliphatic heterocycles. The van der Waals surface area contributed by atoms with E-state index in [9.17, 15) is 9.59 Å². The summed E-state index contributed by atoms with van der Waals surface area (Å²) >= 11 is 0. The van der Waals surface area contributed by atoms with Crippen LogP contribution in [0.4, 0.5) is 0 Å². The van der Waals surface area contributed by atoms with Gasteiger partial charge < -0.3 is 9.47 Å². The van der Waals surface area contributed by atoms with E-state index >= 15 is 0 Å². The Morgan fingerprint density at radius 1 is 0.667 bits per heavy atom. The van der Waals surface area contributed by atoms with E-state index in [0.717, 1.165) is 12.8 Å². The van der Waals surface area contributed by atoms with Gasteiger partial charge >= 0.3 is 11.9 Å². The van der Waals surface area contributed by atoms with Gasteiger partial charge in [-0.3, -0.25) is 9.59 Å². The third-order valence-corrected chi connectivity index (χ3v) is 5.03. The maximum absolute atomic E-state index is 11.7. The number of rotatable bonds is 18. The Hall–Kier alpha value is -1.06. The van der Waals surface area contributed by atoms with Crippen LogP contribution in [0.5, 0.6) is 0 Å². The van der Waals surface area contributed by atoms with Gasteiger partial charge in [0.05, 0.1) is 6.61 Å². The highest BCUT2D eigenvalue weighted by atomic mass is 16.5. The summed E-state index contributed by atoms with van der Waals surface area (Å²) in [4.78, 5) is 23.3. The molecule has 1 unspecified atom stereocenters. The number of unbranched alkanes of at least 4 members (excludes halogenated alkanes) is 10. The maximum Gasteiger partial charge on any atom is 0.306 e. The molecule has 1 atom stereocenters. The van der Waals surface area contributed by atoms with Gasteiger partial charge in [-0.2, -0.15) is 0 Å². The predicted molar refractivity (Wildman–Crippen MR) is 112 cm³/mol. The molecule has 0 bridgehead atoms. The Balaban J connectivity index is 3.36. The molecule has 0 aromatic rings. The first-order chi connectivity index (χ1) is 13.0. The molecule has 0 saturated heterocycles. The van der Waals surface area contributed by atoms with Crippen LogP contribution in [0.3, 0.4) is 0 Å². The molecule has 0 aromatic carbocycles. The van der Waals surface area contributed by atoms with Crippen molar-refractivity contribution < 1.29 is 19.1 Å². The second-order valence-electron chi connectivity index (χ2n) is 8.05. The second-order valence-corrected chi connectivity index (χ2v) is 8.05. The van der Waals surface area contributed by atoms with Gasteiger partial charge in [-0.1, -0.05) is 85.0 Å². The zero-order valence-corrected chi connectivity index (χ0v) is 18.4. The summed E-state index contributed by atoms with van der Waals surface area (Å²) in [6.07, 6.45) is 15.1. The molecule has 0 aromatic heterocycles. The van der Waals surface area contributed by atoms with Gasteiger partial charge in [0.25, 0.3) is 0 Å². The number of carbonyl (C=O) groups excluding carboxylic acids is 2. The van der Waals surface area contributed by atoms with Crippen LogP contribution in [0.15, 0.2) is 0 Å². The fourth-order valence-electron chi connectivity index (χ4n) is 2.80. The quantitative estimate of drug-likeness (QED) is 0.197. The Labute approximate surface area is 167 Å². The van der Waals surface area contributed by atoms with Crippen LogP contribution in [0, 0.1) is 5.92 Å². The van der Waals surface area contributed by atoms with Crippen molar-refractivity contribution in [2.24, 2.45) is 5.92 Å². The van der Waals surface area contributed by atoms with Crippen molar-refractivity contribution in [1.82, 2.24) is 0 Å². The molecule has 0 radical (unpaired) electrons. The molecule has 0 N–H and O–H groups in total. The van der Waals surface area contributed by atoms with Gasteiger partial charge in [0, 0.05) is 12.8 Å². The average molecular weight is 385 g/mol. The van der Waals surface area contributed by atoms with E-state index in [1.807, 2.05) is 20.8 Å². The lowest BCUT2D eigenvalue weighted by molar-refractivity contribution is -0.150. The standard InChI is InChI=1S/C23H44O4/c1-5-6-7-8-9-10-11-12-13-14-15-19-26-22(24)17-16-18-23(25)27-21(4)20(2)3/h20-21H,5-19H2,1-4H3. The van der Waals surface area contributed by atoms with E-state index in [4.69, 9.17) is 9.47 Å². The predicted octanol–water partition coefficient (Wildman–Crippen LogP) is 6.60. The first-order valence-corrected chi connectivity index (χ1v) is 11.3. The van der Waals surface area contributed by atoms with Crippen LogP contribution in [0.2, 0.25) is 0 Å². The van der Waals surface area contributed by atoms with Crippen LogP contribution >= 0.6 is 0 Å². The number of esters is 2. The lowest BCUT2D eigenvalue weighted by Crippen LogP contribution is -2.20. The van der Waals surface area contributed by atoms with E-state index in [0.29, 0.717) is 25.4 Å². The van der Waals surface area contributed by atoms with Crippen LogP contribution in [-0.2, 0) is 19.1 Å². The van der Waals surface area contributed by atoms with E-state index in [-0.39, 0.29) is 24.5 Å². The highest BCUT2D eigenvalue weighted by Crippen LogP contribution is 2.12. The Morgan fingerprint density at radius 3 is 1.67 bits per heavy atom. The minimum atomic E-state index is -0.227. The molecule has 0 heterocycles. The van der Waals surface area contributed by atoms with Crippen LogP contribution in [0.25, 0.3) is 0 Å². The molecule has 4 heteroatoms. The maximum atomic E-state index is 11.7. The van der Waals surface area contributed by atoms with Crippen molar-refractivity contribution in [3.05, 3.63) is 0 Å². The highest BCUT2D eigenvalue weighted by molar-refractivity contribution is 5.72. The summed E-state index contributed by atoms with van der Waals surface area (Å²) in [5.41, 5.74) is 0. The van der Waals surface area contributed by atoms with Gasteiger partial charge in [0.2, 0.25) is 0 Å². The average Bonchev–Trinajstić information content (AvgIpc) is 2.62. The second kappa shape index (κ2) is 18.3. The number of carbonyl (C=O) groups is 2. The largest absolute Gasteiger partial charge is 0.466 e. The fourth-order valence-corrected chi connectivity index (χ4v) is 2.80. The molecular formula is C23H44O4. The molecule has 0 aliphatic rings. The molecule has 0 aliphatic carbocycles. The zero-order chi connectivity index (χ0) is 20.3. The molecule has 0 spiro atoms. The number of hydrogen-bond donors (Lipinski definition) is 0. The number of hydrogen-bond acceptors (Lipinski definition) is 4. The lowest BCUT2D eigenvalue weighted by Gasteiger charge is -2.16. The highest BCUT2D eigenvalue weighted by Gasteiger charge is 2.13. The molecule has 0 saturated carbocycles. The summed E-state index contributed by atoms with van der Waals surface area (Å²) < 4.78 is 10.5. The van der Waals surface area contributed by atoms with Gasteiger partial charge in [0.15, 0.2) is 0 Å². The first kappa shape index (κ1) is 25.9. The van der Waals surface area contributed by atoms with Gasteiger partial charge in [0.1, 0.15) is 6.10 Å². The SMILES string of the molecule is CCCCCCCCCCCCCOC(=O)CCCC(=O)OC(C)C(C)C. The van der Waals surface area contributed by atoms with Gasteiger partial charge in [-0.25, -0.2) is 0 Å². The Morgan fingerprint density at radius 2 is 1.15 bits per heavy atom. The van der Waals surface area contributed by atoms with Gasteiger partial charge in [-0.05, 0) is 25.7 Å². The van der Waals surface area contributed by atoms with Crippen molar-refractivity contribution >= 4 is 11.9 Å². The molecule has 0 fully saturated rings. The molecule has 0 rings (SSSR count). The Bertz CT molecular complexity index is 365. The summed E-state index contributed by atoms with van der Waals surface area (Å²) in [7, 11) is 0. The van der Waals surface area contributed by atoms with E-state index < -0.39 is 0 Å². The summed E-state index contributed by atoms with van der Waals surface area (Å²) in [6, 6.07) is 0. The normalized spacial score (nSPS) is 12.2. The van der Waals surface area contributed by atoms with Crippen LogP contribution in [0.1, 0.15) is 118 Å². The lowest BCUT2D eigenvalue weighted by atomic mass is 10.1. The fraction of sp³-hybridized carbons (Fsp3) is 0.913. The first-order valence-electron chi connectivity index (χ1n) is 11.3. The Kier molecular flexibility index (Phi) is 17.6. The summed E-state index contributed by atoms with van der Waals surface area (Å²) in [6.45, 7) is 8.69. The molecule has 4 nitrogen and oxygen atoms in total. The van der Waals surface area contributed by atoms with E-state index in [1.54, 1.807) is 0 Å². The van der Waals surface area contributed by atoms with Crippen LogP contribution < -0.4 is 0 Å². The number of ether oxygens (including phenoxy) is 2. The van der Waals surface area contributed by atoms with Gasteiger partial charge in [-0.15, -0.1) is 0 Å². The van der Waals surface area contributed by atoms with Crippen molar-refractivity contribution in [2.75, 3.05) is 6.61 Å². The van der Waals surface area contributed by atoms with Crippen LogP contribution in [-0.4, -0.2) is 24.6 Å². The summed E-state index contributed by atoms with van der Waals surface area (Å²) in [5.74, 6) is -0.120. The monoisotopic (exact) mass is 384 g/mol. The van der Waals surface area contributed by atoms with Crippen molar-refractivity contribution in [2.45, 2.75) is 124 Å². The molecular weight excluding hydrogens is 340 g/mol. The molecule has 160 valence electrons. The zero-order valence-electron chi connectivity index (χ0n) is 18.4. The van der Waals surface area contributed by atoms with Crippen molar-refractivity contribution in [1.29, 1.82) is 0 Å². The van der Waals surface area contributed by atoms with E-state index in [1.165, 1.54) is 57.8 Å². The smallest absolute Gasteiger partial charge is 0.306 e.